The molecule has 1 spiro atoms. The summed E-state index contributed by atoms with van der Waals surface area (Å²) in [6.45, 7) is 6.17. The molecule has 0 bridgehead atoms. The number of nitrogens with one attached hydrogen (secondary N) is 2. The molecule has 4 aliphatic heterocycles. The third kappa shape index (κ3) is 7.19. The molecule has 3 aliphatic carbocycles. The molecule has 1 aromatic heterocycles. The number of esters is 1. The maximum Gasteiger partial charge on any atom is 0.340 e. The second-order valence-corrected chi connectivity index (χ2v) is 21.6. The number of aliphatic hydroxyl groups is 2. The topological polar surface area (TPSA) is 194 Å². The molecule has 5 heterocycles. The van der Waals surface area contributed by atoms with Gasteiger partial charge in [0.1, 0.15) is 17.6 Å². The molecule has 15 heteroatoms. The quantitative estimate of drug-likeness (QED) is 0.0566. The maximum absolute atomic E-state index is 14.6. The number of rotatable bonds is 9. The van der Waals surface area contributed by atoms with E-state index in [1.54, 1.807) is 47.6 Å². The Morgan fingerprint density at radius 1 is 1.21 bits per heavy atom. The second kappa shape index (κ2) is 17.1. The molecule has 338 valence electrons. The number of fused-ring (bicyclic) bond motifs is 5. The predicted molar refractivity (Wildman–Crippen MR) is 244 cm³/mol. The Hall–Kier alpha value is -4.02. The van der Waals surface area contributed by atoms with E-state index in [4.69, 9.17) is 19.6 Å². The zero-order chi connectivity index (χ0) is 44.4. The highest BCUT2D eigenvalue weighted by molar-refractivity contribution is 8.77. The number of hydrogen-bond donors (Lipinski definition) is 5. The van der Waals surface area contributed by atoms with Crippen LogP contribution in [0.1, 0.15) is 83.3 Å². The zero-order valence-corrected chi connectivity index (χ0v) is 38.2. The molecule has 63 heavy (non-hydrogen) atoms. The lowest BCUT2D eigenvalue weighted by atomic mass is 9.61. The lowest BCUT2D eigenvalue weighted by molar-refractivity contribution is -0.186. The SMILES string of the molecule is C/C=C(\C)C(=O)O[C@]1(C)CC=C2CSS[C@@H]3C[C@H](C=O)[C@@H](NC)[C@H]4CN(C(=O)CC5=C(C=C(N)NC5)[C@@H]2[C@]12Cc1cc5cc(C6([C@H](CO)CCO)CCCC6)c(=O)oc5cc1O2)[C@H]43. The van der Waals surface area contributed by atoms with Crippen molar-refractivity contribution in [2.75, 3.05) is 39.1 Å². The number of ether oxygens (including phenoxy) is 2. The van der Waals surface area contributed by atoms with E-state index in [9.17, 15) is 29.4 Å². The number of benzene rings is 1. The highest BCUT2D eigenvalue weighted by Crippen LogP contribution is 2.58. The van der Waals surface area contributed by atoms with Gasteiger partial charge in [-0.15, -0.1) is 0 Å². The summed E-state index contributed by atoms with van der Waals surface area (Å²) >= 11 is 0. The van der Waals surface area contributed by atoms with Crippen molar-refractivity contribution in [1.82, 2.24) is 15.5 Å². The van der Waals surface area contributed by atoms with E-state index in [0.29, 0.717) is 85.7 Å². The molecular formula is C48H60N4O9S2. The first-order valence-electron chi connectivity index (χ1n) is 22.5. The van der Waals surface area contributed by atoms with Crippen LogP contribution < -0.4 is 26.7 Å². The Morgan fingerprint density at radius 3 is 2.71 bits per heavy atom. The number of nitrogens with zero attached hydrogens (tertiary/aromatic N) is 1. The molecule has 6 N–H and O–H groups in total. The number of carbonyl (C=O) groups is 3. The Labute approximate surface area is 376 Å². The van der Waals surface area contributed by atoms with Gasteiger partial charge in [0.15, 0.2) is 11.2 Å². The molecule has 0 radical (unpaired) electrons. The average Bonchev–Trinajstić information content (AvgIpc) is 3.90. The van der Waals surface area contributed by atoms with Crippen LogP contribution in [0.3, 0.4) is 0 Å². The number of aliphatic hydroxyl groups excluding tert-OH is 2. The first kappa shape index (κ1) is 44.2. The van der Waals surface area contributed by atoms with Crippen molar-refractivity contribution in [3.8, 4) is 5.75 Å². The van der Waals surface area contributed by atoms with E-state index in [1.165, 1.54) is 0 Å². The van der Waals surface area contributed by atoms with E-state index in [0.717, 1.165) is 46.8 Å². The molecule has 13 nitrogen and oxygen atoms in total. The number of amides is 1. The largest absolute Gasteiger partial charge is 0.481 e. The van der Waals surface area contributed by atoms with Crippen LogP contribution in [0.15, 0.2) is 73.8 Å². The molecule has 2 aromatic rings. The van der Waals surface area contributed by atoms with Gasteiger partial charge in [-0.1, -0.05) is 52.2 Å². The van der Waals surface area contributed by atoms with Gasteiger partial charge < -0.3 is 50.2 Å². The maximum atomic E-state index is 14.6. The number of allylic oxidation sites excluding steroid dienone is 2. The van der Waals surface area contributed by atoms with Gasteiger partial charge >= 0.3 is 11.6 Å². The fourth-order valence-electron chi connectivity index (χ4n) is 12.4. The summed E-state index contributed by atoms with van der Waals surface area (Å²) in [5, 5.41) is 28.0. The fourth-order valence-corrected chi connectivity index (χ4v) is 15.5. The number of nitrogens with two attached hydrogens (primary N) is 1. The monoisotopic (exact) mass is 900 g/mol. The third-order valence-corrected chi connectivity index (χ3v) is 18.7. The molecular weight excluding hydrogens is 841 g/mol. The number of carbonyl (C=O) groups excluding carboxylic acids is 3. The predicted octanol–water partition coefficient (Wildman–Crippen LogP) is 4.97. The van der Waals surface area contributed by atoms with Gasteiger partial charge in [0.25, 0.3) is 0 Å². The van der Waals surface area contributed by atoms with Gasteiger partial charge in [0, 0.05) is 96.0 Å². The summed E-state index contributed by atoms with van der Waals surface area (Å²) in [5.74, 6) is 0.381. The minimum absolute atomic E-state index is 0.0134. The van der Waals surface area contributed by atoms with Gasteiger partial charge in [-0.05, 0) is 94.3 Å². The molecule has 9 rings (SSSR count). The molecule has 0 unspecified atom stereocenters. The van der Waals surface area contributed by atoms with Crippen LogP contribution in [0.25, 0.3) is 11.0 Å². The highest BCUT2D eigenvalue weighted by Gasteiger charge is 2.64. The van der Waals surface area contributed by atoms with E-state index in [1.807, 2.05) is 37.1 Å². The lowest BCUT2D eigenvalue weighted by Gasteiger charge is -2.58. The molecule has 2 saturated carbocycles. The zero-order valence-electron chi connectivity index (χ0n) is 36.6. The molecule has 1 aromatic carbocycles. The summed E-state index contributed by atoms with van der Waals surface area (Å²) in [7, 11) is 5.38. The van der Waals surface area contributed by atoms with Crippen LogP contribution in [0.2, 0.25) is 0 Å². The van der Waals surface area contributed by atoms with Crippen LogP contribution in [0.5, 0.6) is 5.75 Å². The van der Waals surface area contributed by atoms with Gasteiger partial charge in [-0.3, -0.25) is 4.79 Å². The van der Waals surface area contributed by atoms with Crippen molar-refractivity contribution in [3.05, 3.63) is 86.1 Å². The van der Waals surface area contributed by atoms with E-state index in [-0.39, 0.29) is 60.6 Å². The van der Waals surface area contributed by atoms with Gasteiger partial charge in [0.2, 0.25) is 5.91 Å². The number of hydrogen-bond acceptors (Lipinski definition) is 14. The Kier molecular flexibility index (Phi) is 12.0. The lowest BCUT2D eigenvalue weighted by Crippen LogP contribution is -2.71. The van der Waals surface area contributed by atoms with E-state index >= 15 is 0 Å². The van der Waals surface area contributed by atoms with Crippen molar-refractivity contribution in [1.29, 1.82) is 0 Å². The van der Waals surface area contributed by atoms with Crippen molar-refractivity contribution in [2.24, 2.45) is 29.4 Å². The number of dihydropyridines is 1. The molecule has 3 fully saturated rings. The number of aldehydes is 1. The van der Waals surface area contributed by atoms with Gasteiger partial charge in [-0.2, -0.15) is 0 Å². The summed E-state index contributed by atoms with van der Waals surface area (Å²) in [6, 6.07) is 5.74. The van der Waals surface area contributed by atoms with Crippen molar-refractivity contribution < 1.29 is 38.5 Å². The second-order valence-electron chi connectivity index (χ2n) is 19.0. The summed E-state index contributed by atoms with van der Waals surface area (Å²) in [5.41, 5.74) is 8.11. The average molecular weight is 901 g/mol. The Balaban J connectivity index is 1.18. The standard InChI is InChI=1S/C48H60N4O9S2/c1-5-26(2)44(57)61-46(3)12-8-27-25-62-63-38-16-31(23-54)42(50-4)34-22-52(43(34)38)40(56)17-30-21-51-39(49)18-33(30)41(27)48(46)20-29-14-28-15-35(45(58)59-36(28)19-37(29)60-48)47(10-6-7-11-47)32(24-55)9-13-53/h5,8,14-15,18-19,23,31-32,34,38,41-43,50-51,53,55H,6-7,9-13,16-17,20-22,24-25,49H2,1-4H3/b26-5+/t31-,32+,34-,38-,41-,42-,43-,46-,48-/m1/s1. The first-order chi connectivity index (χ1) is 30.3. The van der Waals surface area contributed by atoms with E-state index in [2.05, 4.69) is 16.7 Å². The molecule has 7 aliphatic rings. The fraction of sp³-hybridized carbons (Fsp3) is 0.583. The minimum atomic E-state index is -1.23. The Bertz CT molecular complexity index is 2390. The normalized spacial score (nSPS) is 33.0. The van der Waals surface area contributed by atoms with Crippen LogP contribution in [-0.2, 0) is 31.0 Å². The summed E-state index contributed by atoms with van der Waals surface area (Å²) < 4.78 is 20.2. The smallest absolute Gasteiger partial charge is 0.340 e. The van der Waals surface area contributed by atoms with Crippen molar-refractivity contribution in [3.63, 3.8) is 0 Å². The van der Waals surface area contributed by atoms with Gasteiger partial charge in [-0.25, -0.2) is 9.59 Å². The van der Waals surface area contributed by atoms with Crippen LogP contribution in [-0.4, -0.2) is 101 Å². The van der Waals surface area contributed by atoms with Crippen LogP contribution in [0.4, 0.5) is 0 Å². The van der Waals surface area contributed by atoms with Crippen LogP contribution in [0, 0.1) is 23.7 Å². The molecule has 1 saturated heterocycles. The third-order valence-electron chi connectivity index (χ3n) is 15.9. The Morgan fingerprint density at radius 2 is 2.00 bits per heavy atom. The van der Waals surface area contributed by atoms with Crippen molar-refractivity contribution >= 4 is 50.7 Å². The minimum Gasteiger partial charge on any atom is -0.481 e. The van der Waals surface area contributed by atoms with Crippen LogP contribution >= 0.6 is 21.6 Å². The van der Waals surface area contributed by atoms with Crippen molar-refractivity contribution in [2.45, 2.75) is 113 Å². The summed E-state index contributed by atoms with van der Waals surface area (Å²) in [6.07, 6.45) is 12.0. The molecule has 9 atom stereocenters. The summed E-state index contributed by atoms with van der Waals surface area (Å²) in [4.78, 5) is 56.9. The van der Waals surface area contributed by atoms with E-state index < -0.39 is 34.1 Å². The van der Waals surface area contributed by atoms with Gasteiger partial charge in [0.05, 0.1) is 24.2 Å². The first-order valence-corrected chi connectivity index (χ1v) is 24.9. The molecule has 1 amide bonds. The highest BCUT2D eigenvalue weighted by atomic mass is 33.1.